The minimum atomic E-state index is -0.407. The van der Waals surface area contributed by atoms with Gasteiger partial charge in [0.1, 0.15) is 12.1 Å². The molecule has 6 heteroatoms. The molecule has 0 atom stereocenters. The summed E-state index contributed by atoms with van der Waals surface area (Å²) in [6.45, 7) is 0. The zero-order chi connectivity index (χ0) is 10.1. The Bertz CT molecular complexity index is 499. The van der Waals surface area contributed by atoms with E-state index < -0.39 is 5.82 Å². The van der Waals surface area contributed by atoms with Crippen LogP contribution < -0.4 is 0 Å². The summed E-state index contributed by atoms with van der Waals surface area (Å²) in [6.07, 6.45) is 1.47. The van der Waals surface area contributed by atoms with Gasteiger partial charge in [0.15, 0.2) is 4.77 Å². The summed E-state index contributed by atoms with van der Waals surface area (Å²) in [5, 5.41) is 6.62. The molecule has 2 aromatic rings. The lowest BCUT2D eigenvalue weighted by Gasteiger charge is -2.01. The number of halogens is 2. The Labute approximate surface area is 89.1 Å². The molecular weight excluding hydrogens is 225 g/mol. The van der Waals surface area contributed by atoms with Gasteiger partial charge in [-0.05, 0) is 30.4 Å². The molecule has 1 N–H and O–H groups in total. The molecule has 0 aliphatic carbocycles. The van der Waals surface area contributed by atoms with Crippen molar-refractivity contribution in [2.24, 2.45) is 0 Å². The van der Waals surface area contributed by atoms with Gasteiger partial charge < -0.3 is 0 Å². The van der Waals surface area contributed by atoms with Crippen molar-refractivity contribution in [2.75, 3.05) is 0 Å². The standard InChI is InChI=1S/C8H5ClFN3S/c9-5-1-6(10)3-7(2-5)13-4-11-12-8(13)14/h1-4H,(H,12,14). The first-order chi connectivity index (χ1) is 6.66. The van der Waals surface area contributed by atoms with Crippen LogP contribution in [0.25, 0.3) is 5.69 Å². The third kappa shape index (κ3) is 1.69. The molecule has 1 aromatic carbocycles. The number of aromatic nitrogens is 3. The van der Waals surface area contributed by atoms with Crippen LogP contribution in [0.4, 0.5) is 4.39 Å². The lowest BCUT2D eigenvalue weighted by atomic mass is 10.3. The van der Waals surface area contributed by atoms with Crippen molar-refractivity contribution in [1.29, 1.82) is 0 Å². The second-order valence-corrected chi connectivity index (χ2v) is 3.48. The summed E-state index contributed by atoms with van der Waals surface area (Å²) >= 11 is 10.6. The van der Waals surface area contributed by atoms with E-state index in [2.05, 4.69) is 10.2 Å². The number of rotatable bonds is 1. The summed E-state index contributed by atoms with van der Waals surface area (Å²) in [6, 6.07) is 4.17. The second kappa shape index (κ2) is 3.51. The normalized spacial score (nSPS) is 10.4. The lowest BCUT2D eigenvalue weighted by Crippen LogP contribution is -1.93. The first-order valence-corrected chi connectivity index (χ1v) is 4.54. The Morgan fingerprint density at radius 2 is 2.21 bits per heavy atom. The van der Waals surface area contributed by atoms with Crippen LogP contribution in [0.5, 0.6) is 0 Å². The minimum absolute atomic E-state index is 0.322. The number of aromatic amines is 1. The Hall–Kier alpha value is -1.20. The molecule has 0 aliphatic heterocycles. The van der Waals surface area contributed by atoms with Crippen LogP contribution >= 0.6 is 23.8 Å². The summed E-state index contributed by atoms with van der Waals surface area (Å²) < 4.78 is 14.9. The van der Waals surface area contributed by atoms with Crippen molar-refractivity contribution in [1.82, 2.24) is 14.8 Å². The third-order valence-corrected chi connectivity index (χ3v) is 2.18. The largest absolute Gasteiger partial charge is 0.275 e. The molecule has 1 heterocycles. The minimum Gasteiger partial charge on any atom is -0.275 e. The highest BCUT2D eigenvalue weighted by Gasteiger charge is 2.02. The molecule has 0 bridgehead atoms. The van der Waals surface area contributed by atoms with Crippen LogP contribution in [0.2, 0.25) is 5.02 Å². The van der Waals surface area contributed by atoms with Gasteiger partial charge in [-0.1, -0.05) is 11.6 Å². The van der Waals surface area contributed by atoms with E-state index in [1.54, 1.807) is 6.07 Å². The van der Waals surface area contributed by atoms with E-state index >= 15 is 0 Å². The second-order valence-electron chi connectivity index (χ2n) is 2.66. The summed E-state index contributed by atoms with van der Waals surface area (Å²) in [5.74, 6) is -0.407. The van der Waals surface area contributed by atoms with Crippen LogP contribution in [0, 0.1) is 10.6 Å². The monoisotopic (exact) mass is 229 g/mol. The SMILES string of the molecule is Fc1cc(Cl)cc(-n2cn[nH]c2=S)c1. The fraction of sp³-hybridized carbons (Fsp3) is 0. The van der Waals surface area contributed by atoms with Crippen LogP contribution in [-0.2, 0) is 0 Å². The quantitative estimate of drug-likeness (QED) is 0.763. The fourth-order valence-corrected chi connectivity index (χ4v) is 1.53. The first kappa shape index (κ1) is 9.36. The molecule has 14 heavy (non-hydrogen) atoms. The Kier molecular flexibility index (Phi) is 2.35. The Balaban J connectivity index is 2.63. The smallest absolute Gasteiger partial charge is 0.199 e. The lowest BCUT2D eigenvalue weighted by molar-refractivity contribution is 0.626. The van der Waals surface area contributed by atoms with Crippen molar-refractivity contribution < 1.29 is 4.39 Å². The van der Waals surface area contributed by atoms with E-state index in [-0.39, 0.29) is 0 Å². The number of nitrogens with zero attached hydrogens (tertiary/aromatic N) is 2. The van der Waals surface area contributed by atoms with Crippen molar-refractivity contribution >= 4 is 23.8 Å². The summed E-state index contributed by atoms with van der Waals surface area (Å²) in [4.78, 5) is 0. The average Bonchev–Trinajstić information content (AvgIpc) is 2.49. The van der Waals surface area contributed by atoms with Gasteiger partial charge in [-0.15, -0.1) is 0 Å². The molecule has 0 amide bonds. The number of hydrogen-bond donors (Lipinski definition) is 1. The molecule has 1 aromatic heterocycles. The van der Waals surface area contributed by atoms with E-state index in [0.29, 0.717) is 15.5 Å². The molecule has 0 spiro atoms. The highest BCUT2D eigenvalue weighted by Crippen LogP contribution is 2.17. The molecule has 2 rings (SSSR count). The van der Waals surface area contributed by atoms with Gasteiger partial charge in [0.25, 0.3) is 0 Å². The van der Waals surface area contributed by atoms with Gasteiger partial charge in [-0.3, -0.25) is 9.67 Å². The Morgan fingerprint density at radius 3 is 2.79 bits per heavy atom. The Morgan fingerprint density at radius 1 is 1.43 bits per heavy atom. The maximum atomic E-state index is 13.0. The molecule has 0 fully saturated rings. The topological polar surface area (TPSA) is 33.6 Å². The average molecular weight is 230 g/mol. The van der Waals surface area contributed by atoms with Crippen molar-refractivity contribution in [3.63, 3.8) is 0 Å². The number of nitrogens with one attached hydrogen (secondary N) is 1. The number of hydrogen-bond acceptors (Lipinski definition) is 2. The van der Waals surface area contributed by atoms with Crippen LogP contribution in [0.1, 0.15) is 0 Å². The zero-order valence-electron chi connectivity index (χ0n) is 6.87. The van der Waals surface area contributed by atoms with Crippen LogP contribution in [0.15, 0.2) is 24.5 Å². The van der Waals surface area contributed by atoms with Gasteiger partial charge in [-0.2, -0.15) is 5.10 Å². The van der Waals surface area contributed by atoms with E-state index in [1.807, 2.05) is 0 Å². The molecule has 0 saturated heterocycles. The van der Waals surface area contributed by atoms with Gasteiger partial charge in [0.05, 0.1) is 5.69 Å². The predicted molar refractivity (Wildman–Crippen MR) is 53.7 cm³/mol. The molecule has 0 aliphatic rings. The molecule has 0 unspecified atom stereocenters. The molecule has 72 valence electrons. The van der Waals surface area contributed by atoms with E-state index in [4.69, 9.17) is 23.8 Å². The van der Waals surface area contributed by atoms with Crippen LogP contribution in [0.3, 0.4) is 0 Å². The first-order valence-electron chi connectivity index (χ1n) is 3.75. The fourth-order valence-electron chi connectivity index (χ4n) is 1.11. The molecule has 0 radical (unpaired) electrons. The van der Waals surface area contributed by atoms with E-state index in [1.165, 1.54) is 23.0 Å². The third-order valence-electron chi connectivity index (χ3n) is 1.68. The molecular formula is C8H5ClFN3S. The highest BCUT2D eigenvalue weighted by molar-refractivity contribution is 7.71. The van der Waals surface area contributed by atoms with E-state index in [0.717, 1.165) is 0 Å². The van der Waals surface area contributed by atoms with Crippen molar-refractivity contribution in [2.45, 2.75) is 0 Å². The zero-order valence-corrected chi connectivity index (χ0v) is 8.44. The van der Waals surface area contributed by atoms with Gasteiger partial charge in [0, 0.05) is 5.02 Å². The van der Waals surface area contributed by atoms with Crippen LogP contribution in [-0.4, -0.2) is 14.8 Å². The number of H-pyrrole nitrogens is 1. The maximum absolute atomic E-state index is 13.0. The molecule has 0 saturated carbocycles. The predicted octanol–water partition coefficient (Wildman–Crippen LogP) is 2.72. The van der Waals surface area contributed by atoms with Gasteiger partial charge in [-0.25, -0.2) is 4.39 Å². The van der Waals surface area contributed by atoms with E-state index in [9.17, 15) is 4.39 Å². The van der Waals surface area contributed by atoms with Crippen molar-refractivity contribution in [3.05, 3.63) is 40.1 Å². The summed E-state index contributed by atoms with van der Waals surface area (Å²) in [7, 11) is 0. The molecule has 3 nitrogen and oxygen atoms in total. The van der Waals surface area contributed by atoms with Gasteiger partial charge >= 0.3 is 0 Å². The van der Waals surface area contributed by atoms with Gasteiger partial charge in [0.2, 0.25) is 0 Å². The van der Waals surface area contributed by atoms with Crippen molar-refractivity contribution in [3.8, 4) is 5.69 Å². The maximum Gasteiger partial charge on any atom is 0.199 e. The number of benzene rings is 1. The highest BCUT2D eigenvalue weighted by atomic mass is 35.5. The summed E-state index contributed by atoms with van der Waals surface area (Å²) in [5.41, 5.74) is 0.550.